The van der Waals surface area contributed by atoms with Crippen molar-refractivity contribution in [3.05, 3.63) is 247 Å². The predicted octanol–water partition coefficient (Wildman–Crippen LogP) is 14.5. The molecule has 11 rings (SSSR count). The number of hydrogen-bond donors (Lipinski definition) is 0. The van der Waals surface area contributed by atoms with E-state index in [9.17, 15) is 0 Å². The Kier molecular flexibility index (Phi) is 7.47. The number of fused-ring (bicyclic) bond motifs is 10. The van der Waals surface area contributed by atoms with Crippen LogP contribution in [0.15, 0.2) is 224 Å². The molecular formula is C55H37N. The molecule has 0 saturated heterocycles. The quantitative estimate of drug-likeness (QED) is 0.166. The van der Waals surface area contributed by atoms with E-state index in [1.165, 1.54) is 77.9 Å². The summed E-state index contributed by atoms with van der Waals surface area (Å²) in [4.78, 5) is 2.33. The van der Waals surface area contributed by atoms with Crippen molar-refractivity contribution in [2.75, 3.05) is 4.90 Å². The molecule has 0 aliphatic heterocycles. The third-order valence-electron chi connectivity index (χ3n) is 11.9. The van der Waals surface area contributed by atoms with Gasteiger partial charge in [-0.05, 0) is 120 Å². The average molecular weight is 712 g/mol. The smallest absolute Gasteiger partial charge is 0.0725 e. The molecule has 0 amide bonds. The number of para-hydroxylation sites is 1. The first kappa shape index (κ1) is 32.2. The number of nitrogens with zero attached hydrogens (tertiary/aromatic N) is 1. The molecule has 2 aliphatic carbocycles. The number of anilines is 3. The van der Waals surface area contributed by atoms with Crippen LogP contribution in [0.1, 0.15) is 22.3 Å². The highest BCUT2D eigenvalue weighted by molar-refractivity contribution is 6.00. The van der Waals surface area contributed by atoms with Gasteiger partial charge in [0.1, 0.15) is 0 Å². The maximum Gasteiger partial charge on any atom is 0.0725 e. The van der Waals surface area contributed by atoms with Crippen LogP contribution in [0.3, 0.4) is 0 Å². The van der Waals surface area contributed by atoms with Gasteiger partial charge in [0.15, 0.2) is 0 Å². The predicted molar refractivity (Wildman–Crippen MR) is 234 cm³/mol. The summed E-state index contributed by atoms with van der Waals surface area (Å²) < 4.78 is 0. The number of rotatable bonds is 6. The maximum atomic E-state index is 2.43. The van der Waals surface area contributed by atoms with Crippen LogP contribution in [-0.4, -0.2) is 0 Å². The Balaban J connectivity index is 1.02. The Labute approximate surface area is 328 Å². The topological polar surface area (TPSA) is 3.24 Å². The van der Waals surface area contributed by atoms with E-state index in [1.807, 2.05) is 0 Å². The highest BCUT2D eigenvalue weighted by Gasteiger charge is 2.52. The zero-order valence-corrected chi connectivity index (χ0v) is 30.8. The molecular weight excluding hydrogens is 675 g/mol. The molecule has 0 heterocycles. The SMILES string of the molecule is c1ccc(-c2ccc(N(c3ccccc3)c3ccc(-c4ccc5c(c4)-c4ccccc4C54c5ccccc5-c5c(-c6ccccc6)cccc54)cc3)cc2)cc1. The van der Waals surface area contributed by atoms with Gasteiger partial charge in [-0.25, -0.2) is 0 Å². The number of hydrogen-bond acceptors (Lipinski definition) is 1. The molecule has 1 nitrogen and oxygen atoms in total. The van der Waals surface area contributed by atoms with Crippen LogP contribution in [0.2, 0.25) is 0 Å². The lowest BCUT2D eigenvalue weighted by Gasteiger charge is -2.30. The van der Waals surface area contributed by atoms with Gasteiger partial charge in [-0.2, -0.15) is 0 Å². The summed E-state index contributed by atoms with van der Waals surface area (Å²) in [5, 5.41) is 0. The van der Waals surface area contributed by atoms with Crippen LogP contribution < -0.4 is 4.90 Å². The van der Waals surface area contributed by atoms with Crippen molar-refractivity contribution in [3.63, 3.8) is 0 Å². The largest absolute Gasteiger partial charge is 0.311 e. The van der Waals surface area contributed by atoms with E-state index >= 15 is 0 Å². The van der Waals surface area contributed by atoms with E-state index in [0.717, 1.165) is 17.1 Å². The lowest BCUT2D eigenvalue weighted by atomic mass is 9.70. The van der Waals surface area contributed by atoms with E-state index < -0.39 is 5.41 Å². The summed E-state index contributed by atoms with van der Waals surface area (Å²) in [6.07, 6.45) is 0. The van der Waals surface area contributed by atoms with Gasteiger partial charge in [-0.1, -0.05) is 182 Å². The van der Waals surface area contributed by atoms with Crippen molar-refractivity contribution >= 4 is 17.1 Å². The Morgan fingerprint density at radius 2 is 0.679 bits per heavy atom. The molecule has 0 saturated carbocycles. The fourth-order valence-corrected chi connectivity index (χ4v) is 9.49. The number of benzene rings is 9. The fourth-order valence-electron chi connectivity index (χ4n) is 9.49. The van der Waals surface area contributed by atoms with E-state index in [0.29, 0.717) is 0 Å². The lowest BCUT2D eigenvalue weighted by molar-refractivity contribution is 0.794. The highest BCUT2D eigenvalue weighted by Crippen LogP contribution is 2.64. The third kappa shape index (κ3) is 4.88. The molecule has 1 unspecified atom stereocenters. The van der Waals surface area contributed by atoms with Crippen LogP contribution in [0.25, 0.3) is 55.6 Å². The van der Waals surface area contributed by atoms with Gasteiger partial charge in [0.2, 0.25) is 0 Å². The third-order valence-corrected chi connectivity index (χ3v) is 11.9. The summed E-state index contributed by atoms with van der Waals surface area (Å²) in [6, 6.07) is 82.2. The van der Waals surface area contributed by atoms with Gasteiger partial charge in [0, 0.05) is 17.1 Å². The Hall–Kier alpha value is -7.22. The average Bonchev–Trinajstić information content (AvgIpc) is 3.75. The summed E-state index contributed by atoms with van der Waals surface area (Å²) in [6.45, 7) is 0. The minimum absolute atomic E-state index is 0.392. The van der Waals surface area contributed by atoms with Crippen LogP contribution in [0, 0.1) is 0 Å². The van der Waals surface area contributed by atoms with Gasteiger partial charge < -0.3 is 4.90 Å². The zero-order valence-electron chi connectivity index (χ0n) is 30.8. The van der Waals surface area contributed by atoms with E-state index in [-0.39, 0.29) is 0 Å². The molecule has 0 bridgehead atoms. The second-order valence-electron chi connectivity index (χ2n) is 14.8. The summed E-state index contributed by atoms with van der Waals surface area (Å²) in [5.41, 5.74) is 21.0. The van der Waals surface area contributed by atoms with Gasteiger partial charge in [-0.15, -0.1) is 0 Å². The summed E-state index contributed by atoms with van der Waals surface area (Å²) in [5.74, 6) is 0. The molecule has 9 aromatic carbocycles. The van der Waals surface area contributed by atoms with Crippen molar-refractivity contribution < 1.29 is 0 Å². The first-order valence-electron chi connectivity index (χ1n) is 19.4. The molecule has 0 fully saturated rings. The Morgan fingerprint density at radius 3 is 1.34 bits per heavy atom. The van der Waals surface area contributed by atoms with E-state index in [2.05, 4.69) is 229 Å². The van der Waals surface area contributed by atoms with Crippen molar-refractivity contribution in [3.8, 4) is 55.6 Å². The van der Waals surface area contributed by atoms with Crippen LogP contribution >= 0.6 is 0 Å². The molecule has 262 valence electrons. The Morgan fingerprint density at radius 1 is 0.250 bits per heavy atom. The minimum atomic E-state index is -0.392. The molecule has 9 aromatic rings. The maximum absolute atomic E-state index is 2.43. The summed E-state index contributed by atoms with van der Waals surface area (Å²) >= 11 is 0. The normalized spacial score (nSPS) is 14.5. The standard InChI is InChI=1S/C55H37N/c1-4-15-38(16-5-1)39-27-32-44(33-28-39)56(43-19-8-3-9-20-43)45-34-29-40(30-35-45)42-31-36-52-49(37-42)47-21-10-12-24-50(47)55(52)51-25-13-11-22-48(51)54-46(23-14-26-53(54)55)41-17-6-2-7-18-41/h1-37H. The van der Waals surface area contributed by atoms with E-state index in [1.54, 1.807) is 0 Å². The van der Waals surface area contributed by atoms with Crippen LogP contribution in [0.4, 0.5) is 17.1 Å². The molecule has 2 aliphatic rings. The van der Waals surface area contributed by atoms with E-state index in [4.69, 9.17) is 0 Å². The van der Waals surface area contributed by atoms with Crippen molar-refractivity contribution in [1.29, 1.82) is 0 Å². The molecule has 0 N–H and O–H groups in total. The van der Waals surface area contributed by atoms with Gasteiger partial charge in [-0.3, -0.25) is 0 Å². The monoisotopic (exact) mass is 711 g/mol. The van der Waals surface area contributed by atoms with Crippen LogP contribution in [-0.2, 0) is 5.41 Å². The molecule has 0 radical (unpaired) electrons. The van der Waals surface area contributed by atoms with Crippen molar-refractivity contribution in [1.82, 2.24) is 0 Å². The first-order valence-corrected chi connectivity index (χ1v) is 19.4. The highest BCUT2D eigenvalue weighted by atomic mass is 15.1. The van der Waals surface area contributed by atoms with Gasteiger partial charge in [0.05, 0.1) is 5.41 Å². The molecule has 1 atom stereocenters. The molecule has 56 heavy (non-hydrogen) atoms. The Bertz CT molecular complexity index is 2880. The zero-order chi connectivity index (χ0) is 37.1. The van der Waals surface area contributed by atoms with Crippen molar-refractivity contribution in [2.45, 2.75) is 5.41 Å². The molecule has 0 aromatic heterocycles. The lowest BCUT2D eigenvalue weighted by Crippen LogP contribution is -2.25. The van der Waals surface area contributed by atoms with Crippen LogP contribution in [0.5, 0.6) is 0 Å². The van der Waals surface area contributed by atoms with Crippen molar-refractivity contribution in [2.24, 2.45) is 0 Å². The second-order valence-corrected chi connectivity index (χ2v) is 14.8. The van der Waals surface area contributed by atoms with Gasteiger partial charge >= 0.3 is 0 Å². The second kappa shape index (κ2) is 13.0. The molecule has 1 heteroatoms. The minimum Gasteiger partial charge on any atom is -0.311 e. The molecule has 1 spiro atoms. The fraction of sp³-hybridized carbons (Fsp3) is 0.0182. The van der Waals surface area contributed by atoms with Gasteiger partial charge in [0.25, 0.3) is 0 Å². The first-order chi connectivity index (χ1) is 27.8. The summed E-state index contributed by atoms with van der Waals surface area (Å²) in [7, 11) is 0.